The highest BCUT2D eigenvalue weighted by molar-refractivity contribution is 5.92. The molecule has 0 spiro atoms. The number of carbonyl (C=O) groups is 1. The Kier molecular flexibility index (Phi) is 0.730. The SMILES string of the molecule is CN1CC2C(=O)CC21C. The average Bonchev–Trinajstić information content (AvgIpc) is 1.83. The second-order valence-corrected chi connectivity index (χ2v) is 3.43. The number of likely N-dealkylation sites (tertiary alicyclic amines) is 1. The molecule has 2 atom stereocenters. The maximum absolute atomic E-state index is 10.8. The Bertz CT molecular complexity index is 178. The molecule has 0 radical (unpaired) electrons. The van der Waals surface area contributed by atoms with Gasteiger partial charge < -0.3 is 0 Å². The molecule has 2 fully saturated rings. The fourth-order valence-corrected chi connectivity index (χ4v) is 1.88. The molecule has 9 heavy (non-hydrogen) atoms. The van der Waals surface area contributed by atoms with E-state index in [-0.39, 0.29) is 5.54 Å². The summed E-state index contributed by atoms with van der Waals surface area (Å²) in [7, 11) is 2.09. The van der Waals surface area contributed by atoms with Crippen molar-refractivity contribution in [3.05, 3.63) is 0 Å². The number of fused-ring (bicyclic) bond motifs is 1. The van der Waals surface area contributed by atoms with Gasteiger partial charge in [-0.1, -0.05) is 0 Å². The van der Waals surface area contributed by atoms with Crippen LogP contribution < -0.4 is 0 Å². The molecule has 2 heteroatoms. The van der Waals surface area contributed by atoms with Gasteiger partial charge in [0.15, 0.2) is 0 Å². The Morgan fingerprint density at radius 1 is 1.78 bits per heavy atom. The van der Waals surface area contributed by atoms with Crippen LogP contribution in [0.3, 0.4) is 0 Å². The van der Waals surface area contributed by atoms with Crippen LogP contribution in [0.15, 0.2) is 0 Å². The summed E-state index contributed by atoms with van der Waals surface area (Å²) in [5.74, 6) is 0.859. The van der Waals surface area contributed by atoms with Crippen LogP contribution in [0.2, 0.25) is 0 Å². The number of Topliss-reactive ketones (excluding diaryl/α,β-unsaturated/α-hetero) is 1. The molecule has 1 aliphatic heterocycles. The Hall–Kier alpha value is -0.370. The number of hydrogen-bond acceptors (Lipinski definition) is 2. The highest BCUT2D eigenvalue weighted by Crippen LogP contribution is 2.47. The van der Waals surface area contributed by atoms with Gasteiger partial charge in [0.25, 0.3) is 0 Å². The number of piperidine rings is 1. The summed E-state index contributed by atoms with van der Waals surface area (Å²) in [6.45, 7) is 3.16. The van der Waals surface area contributed by atoms with Gasteiger partial charge in [-0.2, -0.15) is 0 Å². The average molecular weight is 125 g/mol. The number of carbonyl (C=O) groups excluding carboxylic acids is 1. The van der Waals surface area contributed by atoms with Crippen molar-refractivity contribution in [2.75, 3.05) is 13.6 Å². The van der Waals surface area contributed by atoms with E-state index < -0.39 is 0 Å². The van der Waals surface area contributed by atoms with Crippen LogP contribution in [0.1, 0.15) is 13.3 Å². The zero-order valence-corrected chi connectivity index (χ0v) is 5.85. The van der Waals surface area contributed by atoms with Gasteiger partial charge in [0.05, 0.1) is 0 Å². The highest BCUT2D eigenvalue weighted by Gasteiger charge is 2.60. The maximum Gasteiger partial charge on any atom is 0.140 e. The largest absolute Gasteiger partial charge is 0.299 e. The van der Waals surface area contributed by atoms with Crippen LogP contribution in [0.25, 0.3) is 0 Å². The molecule has 0 aromatic heterocycles. The zero-order valence-electron chi connectivity index (χ0n) is 5.85. The summed E-state index contributed by atoms with van der Waals surface area (Å²) >= 11 is 0. The van der Waals surface area contributed by atoms with Crippen molar-refractivity contribution >= 4 is 5.78 Å². The molecule has 2 unspecified atom stereocenters. The van der Waals surface area contributed by atoms with Crippen LogP contribution in [-0.2, 0) is 4.79 Å². The normalized spacial score (nSPS) is 49.6. The molecule has 1 aliphatic carbocycles. The van der Waals surface area contributed by atoms with Gasteiger partial charge in [-0.3, -0.25) is 9.69 Å². The predicted molar refractivity (Wildman–Crippen MR) is 34.1 cm³/mol. The van der Waals surface area contributed by atoms with Gasteiger partial charge in [0.1, 0.15) is 5.78 Å². The molecule has 0 amide bonds. The smallest absolute Gasteiger partial charge is 0.140 e. The lowest BCUT2D eigenvalue weighted by Gasteiger charge is -2.61. The van der Waals surface area contributed by atoms with E-state index in [0.717, 1.165) is 13.0 Å². The molecule has 1 saturated heterocycles. The van der Waals surface area contributed by atoms with Crippen molar-refractivity contribution in [3.8, 4) is 0 Å². The molecule has 0 aromatic rings. The molecule has 0 aromatic carbocycles. The maximum atomic E-state index is 10.8. The standard InChI is InChI=1S/C7H11NO/c1-7-3-6(9)5(7)4-8(7)2/h5H,3-4H2,1-2H3. The molecule has 1 heterocycles. The second kappa shape index (κ2) is 1.21. The Morgan fingerprint density at radius 3 is 2.56 bits per heavy atom. The quantitative estimate of drug-likeness (QED) is 0.463. The summed E-state index contributed by atoms with van der Waals surface area (Å²) in [5, 5.41) is 0. The fraction of sp³-hybridized carbons (Fsp3) is 0.857. The first-order valence-electron chi connectivity index (χ1n) is 3.38. The molecule has 2 aliphatic rings. The van der Waals surface area contributed by atoms with E-state index in [9.17, 15) is 4.79 Å². The lowest BCUT2D eigenvalue weighted by molar-refractivity contribution is -0.167. The predicted octanol–water partition coefficient (Wildman–Crippen LogP) is 0.279. The van der Waals surface area contributed by atoms with Crippen LogP contribution in [-0.4, -0.2) is 29.8 Å². The first-order valence-corrected chi connectivity index (χ1v) is 3.38. The third-order valence-electron chi connectivity index (χ3n) is 3.00. The minimum Gasteiger partial charge on any atom is -0.299 e. The highest BCUT2D eigenvalue weighted by atomic mass is 16.1. The zero-order chi connectivity index (χ0) is 6.65. The van der Waals surface area contributed by atoms with E-state index in [1.54, 1.807) is 0 Å². The molecule has 2 rings (SSSR count). The van der Waals surface area contributed by atoms with Gasteiger partial charge >= 0.3 is 0 Å². The number of hydrogen-bond donors (Lipinski definition) is 0. The fourth-order valence-electron chi connectivity index (χ4n) is 1.88. The molecule has 2 nitrogen and oxygen atoms in total. The number of nitrogens with zero attached hydrogens (tertiary/aromatic N) is 1. The van der Waals surface area contributed by atoms with Gasteiger partial charge in [-0.15, -0.1) is 0 Å². The lowest BCUT2D eigenvalue weighted by Crippen LogP contribution is -2.74. The van der Waals surface area contributed by atoms with Gasteiger partial charge in [-0.25, -0.2) is 0 Å². The third-order valence-corrected chi connectivity index (χ3v) is 3.00. The summed E-state index contributed by atoms with van der Waals surface area (Å²) < 4.78 is 0. The topological polar surface area (TPSA) is 20.3 Å². The molecular formula is C7H11NO. The first kappa shape index (κ1) is 5.42. The van der Waals surface area contributed by atoms with Crippen molar-refractivity contribution in [3.63, 3.8) is 0 Å². The van der Waals surface area contributed by atoms with Crippen molar-refractivity contribution in [2.45, 2.75) is 18.9 Å². The summed E-state index contributed by atoms with van der Waals surface area (Å²) in [5.41, 5.74) is 0.275. The first-order chi connectivity index (χ1) is 4.14. The summed E-state index contributed by atoms with van der Waals surface area (Å²) in [6, 6.07) is 0. The summed E-state index contributed by atoms with van der Waals surface area (Å²) in [6.07, 6.45) is 0.786. The summed E-state index contributed by atoms with van der Waals surface area (Å²) in [4.78, 5) is 13.1. The van der Waals surface area contributed by atoms with E-state index in [1.165, 1.54) is 0 Å². The molecule has 1 saturated carbocycles. The van der Waals surface area contributed by atoms with Crippen molar-refractivity contribution in [1.82, 2.24) is 4.90 Å². The van der Waals surface area contributed by atoms with Gasteiger partial charge in [0.2, 0.25) is 0 Å². The minimum absolute atomic E-state index is 0.275. The van der Waals surface area contributed by atoms with E-state index in [1.807, 2.05) is 0 Å². The molecular weight excluding hydrogens is 114 g/mol. The second-order valence-electron chi connectivity index (χ2n) is 3.43. The van der Waals surface area contributed by atoms with Gasteiger partial charge in [-0.05, 0) is 14.0 Å². The van der Waals surface area contributed by atoms with Crippen LogP contribution >= 0.6 is 0 Å². The Labute approximate surface area is 54.8 Å². The van der Waals surface area contributed by atoms with Crippen LogP contribution in [0.5, 0.6) is 0 Å². The lowest BCUT2D eigenvalue weighted by atomic mass is 9.59. The number of rotatable bonds is 0. The molecule has 0 N–H and O–H groups in total. The van der Waals surface area contributed by atoms with Crippen molar-refractivity contribution in [2.24, 2.45) is 5.92 Å². The third kappa shape index (κ3) is 0.399. The van der Waals surface area contributed by atoms with Gasteiger partial charge in [0, 0.05) is 24.4 Å². The van der Waals surface area contributed by atoms with E-state index in [0.29, 0.717) is 11.7 Å². The van der Waals surface area contributed by atoms with E-state index in [2.05, 4.69) is 18.9 Å². The van der Waals surface area contributed by atoms with Crippen molar-refractivity contribution in [1.29, 1.82) is 0 Å². The van der Waals surface area contributed by atoms with Crippen molar-refractivity contribution < 1.29 is 4.79 Å². The van der Waals surface area contributed by atoms with Crippen LogP contribution in [0.4, 0.5) is 0 Å². The Morgan fingerprint density at radius 2 is 2.44 bits per heavy atom. The number of ketones is 1. The van der Waals surface area contributed by atoms with E-state index in [4.69, 9.17) is 0 Å². The molecule has 0 bridgehead atoms. The van der Waals surface area contributed by atoms with Crippen LogP contribution in [0, 0.1) is 5.92 Å². The minimum atomic E-state index is 0.275. The Balaban J connectivity index is 2.17. The van der Waals surface area contributed by atoms with E-state index >= 15 is 0 Å². The molecule has 50 valence electrons. The monoisotopic (exact) mass is 125 g/mol.